The molecule has 0 unspecified atom stereocenters. The van der Waals surface area contributed by atoms with Gasteiger partial charge in [-0.25, -0.2) is 4.79 Å². The molecule has 2 amide bonds. The Morgan fingerprint density at radius 3 is 2.27 bits per heavy atom. The fourth-order valence-corrected chi connectivity index (χ4v) is 4.55. The number of rotatable bonds is 3. The minimum Gasteiger partial charge on any atom is -0.448 e. The second kappa shape index (κ2) is 7.34. The lowest BCUT2D eigenvalue weighted by Gasteiger charge is -2.29. The van der Waals surface area contributed by atoms with E-state index in [1.807, 2.05) is 36.4 Å². The molecule has 1 aliphatic heterocycles. The molecule has 0 spiro atoms. The van der Waals surface area contributed by atoms with Crippen molar-refractivity contribution in [3.63, 3.8) is 0 Å². The van der Waals surface area contributed by atoms with Gasteiger partial charge in [0, 0.05) is 24.6 Å². The number of ether oxygens (including phenoxy) is 1. The zero-order valence-corrected chi connectivity index (χ0v) is 16.5. The lowest BCUT2D eigenvalue weighted by Crippen LogP contribution is -2.37. The minimum absolute atomic E-state index is 0.0524. The fourth-order valence-electron chi connectivity index (χ4n) is 4.55. The Balaban J connectivity index is 1.30. The van der Waals surface area contributed by atoms with Crippen molar-refractivity contribution < 1.29 is 14.3 Å². The van der Waals surface area contributed by atoms with Crippen molar-refractivity contribution in [1.29, 1.82) is 0 Å². The van der Waals surface area contributed by atoms with Crippen LogP contribution in [0.15, 0.2) is 66.7 Å². The molecule has 1 heterocycles. The van der Waals surface area contributed by atoms with E-state index in [9.17, 15) is 9.59 Å². The van der Waals surface area contributed by atoms with Gasteiger partial charge in [0.2, 0.25) is 5.91 Å². The van der Waals surface area contributed by atoms with E-state index >= 15 is 0 Å². The van der Waals surface area contributed by atoms with Crippen molar-refractivity contribution in [3.05, 3.63) is 94.5 Å². The molecule has 2 N–H and O–H groups in total. The van der Waals surface area contributed by atoms with E-state index in [2.05, 4.69) is 24.3 Å². The largest absolute Gasteiger partial charge is 0.448 e. The average Bonchev–Trinajstić information content (AvgIpc) is 3.10. The molecule has 5 nitrogen and oxygen atoms in total. The number of carbonyl (C=O) groups excluding carboxylic acids is 2. The van der Waals surface area contributed by atoms with Crippen molar-refractivity contribution in [3.8, 4) is 11.1 Å². The van der Waals surface area contributed by atoms with Crippen molar-refractivity contribution >= 4 is 12.0 Å². The van der Waals surface area contributed by atoms with Gasteiger partial charge >= 0.3 is 6.09 Å². The molecule has 0 bridgehead atoms. The normalized spacial score (nSPS) is 14.6. The molecule has 0 saturated carbocycles. The third-order valence-corrected chi connectivity index (χ3v) is 6.10. The maximum atomic E-state index is 12.8. The standard InChI is InChI=1S/C25H22N2O3/c26-24(28)17-9-10-18-14-27(12-11-16(18)13-17)25(29)30-15-23-21-7-3-1-5-19(21)20-6-2-4-8-22(20)23/h1-10,13,23H,11-12,14-15H2,(H2,26,28). The molecule has 0 atom stereocenters. The Kier molecular flexibility index (Phi) is 4.51. The van der Waals surface area contributed by atoms with Crippen molar-refractivity contribution in [2.45, 2.75) is 18.9 Å². The van der Waals surface area contributed by atoms with Gasteiger partial charge in [-0.1, -0.05) is 54.6 Å². The van der Waals surface area contributed by atoms with Crippen molar-refractivity contribution in [2.75, 3.05) is 13.2 Å². The van der Waals surface area contributed by atoms with Crippen LogP contribution in [0.3, 0.4) is 0 Å². The maximum Gasteiger partial charge on any atom is 0.410 e. The van der Waals surface area contributed by atoms with Crippen LogP contribution in [0.1, 0.15) is 38.5 Å². The number of hydrogen-bond donors (Lipinski definition) is 1. The molecule has 0 aromatic heterocycles. The summed E-state index contributed by atoms with van der Waals surface area (Å²) in [6.45, 7) is 1.35. The van der Waals surface area contributed by atoms with Crippen LogP contribution in [0.25, 0.3) is 11.1 Å². The molecule has 5 rings (SSSR count). The summed E-state index contributed by atoms with van der Waals surface area (Å²) < 4.78 is 5.77. The van der Waals surface area contributed by atoms with E-state index in [-0.39, 0.29) is 12.0 Å². The molecule has 0 radical (unpaired) electrons. The molecule has 3 aromatic carbocycles. The number of primary amides is 1. The Hall–Kier alpha value is -3.60. The summed E-state index contributed by atoms with van der Waals surface area (Å²) in [7, 11) is 0. The lowest BCUT2D eigenvalue weighted by molar-refractivity contribution is 0.0949. The van der Waals surface area contributed by atoms with Gasteiger partial charge in [0.1, 0.15) is 6.61 Å². The quantitative estimate of drug-likeness (QED) is 0.722. The highest BCUT2D eigenvalue weighted by molar-refractivity contribution is 5.93. The lowest BCUT2D eigenvalue weighted by atomic mass is 9.97. The van der Waals surface area contributed by atoms with Gasteiger partial charge in [-0.15, -0.1) is 0 Å². The highest BCUT2D eigenvalue weighted by Crippen LogP contribution is 2.44. The van der Waals surface area contributed by atoms with Crippen LogP contribution in [-0.2, 0) is 17.7 Å². The highest BCUT2D eigenvalue weighted by atomic mass is 16.6. The van der Waals surface area contributed by atoms with E-state index in [0.717, 1.165) is 11.1 Å². The molecule has 0 saturated heterocycles. The summed E-state index contributed by atoms with van der Waals surface area (Å²) in [5.74, 6) is -0.381. The van der Waals surface area contributed by atoms with Gasteiger partial charge in [-0.3, -0.25) is 4.79 Å². The van der Waals surface area contributed by atoms with Crippen LogP contribution in [0, 0.1) is 0 Å². The second-order valence-electron chi connectivity index (χ2n) is 7.82. The second-order valence-corrected chi connectivity index (χ2v) is 7.82. The van der Waals surface area contributed by atoms with Crippen LogP contribution in [-0.4, -0.2) is 30.1 Å². The first-order valence-corrected chi connectivity index (χ1v) is 10.1. The fraction of sp³-hybridized carbons (Fsp3) is 0.200. The van der Waals surface area contributed by atoms with E-state index < -0.39 is 5.91 Å². The molecule has 1 aliphatic carbocycles. The number of benzene rings is 3. The average molecular weight is 398 g/mol. The predicted molar refractivity (Wildman–Crippen MR) is 114 cm³/mol. The first-order chi connectivity index (χ1) is 14.6. The van der Waals surface area contributed by atoms with Crippen LogP contribution >= 0.6 is 0 Å². The van der Waals surface area contributed by atoms with Crippen molar-refractivity contribution in [1.82, 2.24) is 4.90 Å². The van der Waals surface area contributed by atoms with Gasteiger partial charge in [0.05, 0.1) is 0 Å². The summed E-state index contributed by atoms with van der Waals surface area (Å²) in [6, 6.07) is 22.0. The Morgan fingerprint density at radius 2 is 1.60 bits per heavy atom. The van der Waals surface area contributed by atoms with Gasteiger partial charge < -0.3 is 15.4 Å². The Labute approximate surface area is 175 Å². The minimum atomic E-state index is -0.434. The molecule has 0 fully saturated rings. The van der Waals surface area contributed by atoms with E-state index in [1.165, 1.54) is 22.3 Å². The first kappa shape index (κ1) is 18.4. The van der Waals surface area contributed by atoms with E-state index in [4.69, 9.17) is 10.5 Å². The highest BCUT2D eigenvalue weighted by Gasteiger charge is 2.30. The molecule has 3 aromatic rings. The number of nitrogens with zero attached hydrogens (tertiary/aromatic N) is 1. The molecule has 30 heavy (non-hydrogen) atoms. The zero-order chi connectivity index (χ0) is 20.7. The van der Waals surface area contributed by atoms with Gasteiger partial charge in [-0.2, -0.15) is 0 Å². The number of amides is 2. The number of fused-ring (bicyclic) bond motifs is 4. The summed E-state index contributed by atoms with van der Waals surface area (Å²) in [6.07, 6.45) is 0.377. The topological polar surface area (TPSA) is 72.6 Å². The van der Waals surface area contributed by atoms with E-state index in [1.54, 1.807) is 11.0 Å². The summed E-state index contributed by atoms with van der Waals surface area (Å²) in [5.41, 5.74) is 12.8. The third-order valence-electron chi connectivity index (χ3n) is 6.10. The number of nitrogens with two attached hydrogens (primary N) is 1. The van der Waals surface area contributed by atoms with Gasteiger partial charge in [0.25, 0.3) is 0 Å². The molecule has 2 aliphatic rings. The molecular weight excluding hydrogens is 376 g/mol. The first-order valence-electron chi connectivity index (χ1n) is 10.1. The number of hydrogen-bond acceptors (Lipinski definition) is 3. The van der Waals surface area contributed by atoms with Gasteiger partial charge in [-0.05, 0) is 51.9 Å². The zero-order valence-electron chi connectivity index (χ0n) is 16.5. The van der Waals surface area contributed by atoms with Gasteiger partial charge in [0.15, 0.2) is 0 Å². The Morgan fingerprint density at radius 1 is 0.933 bits per heavy atom. The molecule has 150 valence electrons. The number of carbonyl (C=O) groups is 2. The SMILES string of the molecule is NC(=O)c1ccc2c(c1)CCN(C(=O)OCC1c3ccccc3-c3ccccc31)C2. The van der Waals surface area contributed by atoms with Crippen LogP contribution in [0.4, 0.5) is 4.79 Å². The van der Waals surface area contributed by atoms with Crippen LogP contribution < -0.4 is 5.73 Å². The molecule has 5 heteroatoms. The Bertz CT molecular complexity index is 1110. The smallest absolute Gasteiger partial charge is 0.410 e. The maximum absolute atomic E-state index is 12.8. The summed E-state index contributed by atoms with van der Waals surface area (Å²) in [5, 5.41) is 0. The predicted octanol–water partition coefficient (Wildman–Crippen LogP) is 4.09. The summed E-state index contributed by atoms with van der Waals surface area (Å²) >= 11 is 0. The molecular formula is C25H22N2O3. The van der Waals surface area contributed by atoms with E-state index in [0.29, 0.717) is 31.7 Å². The third kappa shape index (κ3) is 3.12. The monoisotopic (exact) mass is 398 g/mol. The van der Waals surface area contributed by atoms with Crippen molar-refractivity contribution in [2.24, 2.45) is 5.73 Å². The summed E-state index contributed by atoms with van der Waals surface area (Å²) in [4.78, 5) is 25.9. The van der Waals surface area contributed by atoms with Crippen LogP contribution in [0.5, 0.6) is 0 Å². The van der Waals surface area contributed by atoms with Crippen LogP contribution in [0.2, 0.25) is 0 Å².